The summed E-state index contributed by atoms with van der Waals surface area (Å²) < 4.78 is 82.7. The number of halogens is 4. The second-order valence-corrected chi connectivity index (χ2v) is 9.93. The zero-order chi connectivity index (χ0) is 22.0. The van der Waals surface area contributed by atoms with Crippen LogP contribution in [-0.2, 0) is 10.0 Å². The van der Waals surface area contributed by atoms with Crippen molar-refractivity contribution < 1.29 is 26.0 Å². The average molecular weight is 453 g/mol. The lowest BCUT2D eigenvalue weighted by Gasteiger charge is -2.30. The first-order chi connectivity index (χ1) is 14.6. The predicted molar refractivity (Wildman–Crippen MR) is 109 cm³/mol. The van der Waals surface area contributed by atoms with Crippen LogP contribution in [0.15, 0.2) is 41.3 Å². The summed E-state index contributed by atoms with van der Waals surface area (Å²) in [7, 11) is -3.72. The highest BCUT2D eigenvalue weighted by atomic mass is 32.2. The molecule has 5 rings (SSSR count). The molecule has 0 unspecified atom stereocenters. The number of hydrogen-bond acceptors (Lipinski definition) is 3. The number of H-pyrrole nitrogens is 1. The number of aromatic nitrogens is 1. The van der Waals surface area contributed by atoms with Gasteiger partial charge < -0.3 is 9.88 Å². The van der Waals surface area contributed by atoms with Gasteiger partial charge in [0.05, 0.1) is 17.0 Å². The summed E-state index contributed by atoms with van der Waals surface area (Å²) in [5.74, 6) is -4.38. The van der Waals surface area contributed by atoms with E-state index in [4.69, 9.17) is 0 Å². The van der Waals surface area contributed by atoms with Crippen LogP contribution in [0.4, 0.5) is 23.2 Å². The Morgan fingerprint density at radius 1 is 1.00 bits per heavy atom. The van der Waals surface area contributed by atoms with E-state index in [0.717, 1.165) is 18.6 Å². The molecular formula is C21H19F4N3O2S. The van der Waals surface area contributed by atoms with Gasteiger partial charge in [0.15, 0.2) is 0 Å². The first kappa shape index (κ1) is 20.3. The van der Waals surface area contributed by atoms with Gasteiger partial charge in [0, 0.05) is 54.5 Å². The van der Waals surface area contributed by atoms with Crippen LogP contribution in [-0.4, -0.2) is 49.8 Å². The lowest BCUT2D eigenvalue weighted by Crippen LogP contribution is -2.41. The summed E-state index contributed by atoms with van der Waals surface area (Å²) in [5.41, 5.74) is 1.27. The van der Waals surface area contributed by atoms with Gasteiger partial charge in [-0.1, -0.05) is 0 Å². The summed E-state index contributed by atoms with van der Waals surface area (Å²) >= 11 is 0. The number of alkyl halides is 2. The van der Waals surface area contributed by atoms with E-state index in [1.807, 2.05) is 0 Å². The SMILES string of the molecule is O=S(=O)(c1ccc(N2CCC(F)(F)C2)c(-c2cc3c(F)cc(F)cc3[nH]2)c1)N1CCC1. The summed E-state index contributed by atoms with van der Waals surface area (Å²) in [6.07, 6.45) is 0.465. The first-order valence-electron chi connectivity index (χ1n) is 9.89. The maximum absolute atomic E-state index is 14.2. The summed E-state index contributed by atoms with van der Waals surface area (Å²) in [6.45, 7) is 0.451. The highest BCUT2D eigenvalue weighted by Crippen LogP contribution is 2.39. The molecule has 0 saturated carbocycles. The zero-order valence-electron chi connectivity index (χ0n) is 16.3. The molecular weight excluding hydrogens is 434 g/mol. The topological polar surface area (TPSA) is 56.4 Å². The van der Waals surface area contributed by atoms with Crippen LogP contribution < -0.4 is 4.90 Å². The van der Waals surface area contributed by atoms with E-state index < -0.39 is 34.1 Å². The third-order valence-corrected chi connectivity index (χ3v) is 7.77. The van der Waals surface area contributed by atoms with Gasteiger partial charge in [0.2, 0.25) is 10.0 Å². The Morgan fingerprint density at radius 3 is 2.42 bits per heavy atom. The number of sulfonamides is 1. The van der Waals surface area contributed by atoms with E-state index in [2.05, 4.69) is 4.98 Å². The molecule has 164 valence electrons. The molecule has 2 aliphatic rings. The van der Waals surface area contributed by atoms with Crippen LogP contribution in [0.25, 0.3) is 22.2 Å². The van der Waals surface area contributed by atoms with Crippen molar-refractivity contribution in [1.29, 1.82) is 0 Å². The van der Waals surface area contributed by atoms with Gasteiger partial charge in [0.25, 0.3) is 5.92 Å². The minimum Gasteiger partial charge on any atom is -0.365 e. The van der Waals surface area contributed by atoms with E-state index in [1.54, 1.807) is 0 Å². The Bertz CT molecular complexity index is 1290. The fourth-order valence-corrected chi connectivity index (χ4v) is 5.63. The molecule has 5 nitrogen and oxygen atoms in total. The van der Waals surface area contributed by atoms with Gasteiger partial charge >= 0.3 is 0 Å². The van der Waals surface area contributed by atoms with Crippen molar-refractivity contribution in [3.63, 3.8) is 0 Å². The molecule has 3 heterocycles. The summed E-state index contributed by atoms with van der Waals surface area (Å²) in [5, 5.41) is 0.130. The second kappa shape index (κ2) is 6.96. The second-order valence-electron chi connectivity index (χ2n) is 8.00. The van der Waals surface area contributed by atoms with Gasteiger partial charge in [-0.05, 0) is 36.8 Å². The Labute approximate surface area is 176 Å². The van der Waals surface area contributed by atoms with Gasteiger partial charge in [-0.3, -0.25) is 0 Å². The standard InChI is InChI=1S/C21H19F4N3O2S/c22-13-8-17(23)15-11-19(26-18(15)9-13)16-10-14(31(29,30)28-5-1-6-28)2-3-20(16)27-7-4-21(24,25)12-27/h2-3,8-11,26H,1,4-7,12H2. The van der Waals surface area contributed by atoms with Crippen molar-refractivity contribution in [3.05, 3.63) is 48.0 Å². The minimum atomic E-state index is -3.72. The van der Waals surface area contributed by atoms with E-state index >= 15 is 0 Å². The normalized spacial score (nSPS) is 19.2. The monoisotopic (exact) mass is 453 g/mol. The van der Waals surface area contributed by atoms with Crippen LogP contribution in [0.3, 0.4) is 0 Å². The molecule has 10 heteroatoms. The molecule has 2 saturated heterocycles. The van der Waals surface area contributed by atoms with Crippen LogP contribution in [0.5, 0.6) is 0 Å². The third kappa shape index (κ3) is 3.47. The molecule has 2 fully saturated rings. The van der Waals surface area contributed by atoms with Crippen molar-refractivity contribution in [1.82, 2.24) is 9.29 Å². The minimum absolute atomic E-state index is 0.0298. The quantitative estimate of drug-likeness (QED) is 0.598. The van der Waals surface area contributed by atoms with Crippen molar-refractivity contribution in [3.8, 4) is 11.3 Å². The molecule has 1 aromatic heterocycles. The number of rotatable bonds is 4. The molecule has 0 radical (unpaired) electrons. The van der Waals surface area contributed by atoms with Crippen LogP contribution in [0, 0.1) is 11.6 Å². The van der Waals surface area contributed by atoms with Crippen LogP contribution >= 0.6 is 0 Å². The van der Waals surface area contributed by atoms with Crippen molar-refractivity contribution >= 4 is 26.6 Å². The molecule has 2 aliphatic heterocycles. The largest absolute Gasteiger partial charge is 0.365 e. The lowest BCUT2D eigenvalue weighted by molar-refractivity contribution is 0.0257. The first-order valence-corrected chi connectivity index (χ1v) is 11.3. The third-order valence-electron chi connectivity index (χ3n) is 5.87. The molecule has 31 heavy (non-hydrogen) atoms. The summed E-state index contributed by atoms with van der Waals surface area (Å²) in [4.78, 5) is 4.43. The molecule has 1 N–H and O–H groups in total. The zero-order valence-corrected chi connectivity index (χ0v) is 17.2. The average Bonchev–Trinajstić information content (AvgIpc) is 3.22. The van der Waals surface area contributed by atoms with E-state index in [9.17, 15) is 26.0 Å². The predicted octanol–water partition coefficient (Wildman–Crippen LogP) is 4.35. The molecule has 0 spiro atoms. The van der Waals surface area contributed by atoms with E-state index in [1.165, 1.54) is 33.5 Å². The lowest BCUT2D eigenvalue weighted by atomic mass is 10.1. The fraction of sp³-hybridized carbons (Fsp3) is 0.333. The molecule has 0 bridgehead atoms. The molecule has 0 atom stereocenters. The fourth-order valence-electron chi connectivity index (χ4n) is 4.09. The molecule has 2 aromatic carbocycles. The number of hydrogen-bond donors (Lipinski definition) is 1. The number of nitrogens with one attached hydrogen (secondary N) is 1. The molecule has 0 amide bonds. The smallest absolute Gasteiger partial charge is 0.266 e. The van der Waals surface area contributed by atoms with Crippen molar-refractivity contribution in [2.45, 2.75) is 23.7 Å². The van der Waals surface area contributed by atoms with Gasteiger partial charge in [0.1, 0.15) is 11.6 Å². The highest BCUT2D eigenvalue weighted by Gasteiger charge is 2.39. The Balaban J connectivity index is 1.67. The Kier molecular flexibility index (Phi) is 4.56. The Hall–Kier alpha value is -2.59. The number of aromatic amines is 1. The number of fused-ring (bicyclic) bond motifs is 1. The van der Waals surface area contributed by atoms with E-state index in [-0.39, 0.29) is 28.8 Å². The molecule has 0 aliphatic carbocycles. The van der Waals surface area contributed by atoms with Gasteiger partial charge in [-0.25, -0.2) is 26.0 Å². The van der Waals surface area contributed by atoms with Crippen LogP contribution in [0.2, 0.25) is 0 Å². The maximum Gasteiger partial charge on any atom is 0.266 e. The molecule has 3 aromatic rings. The van der Waals surface area contributed by atoms with Crippen molar-refractivity contribution in [2.75, 3.05) is 31.1 Å². The Morgan fingerprint density at radius 2 is 1.77 bits per heavy atom. The van der Waals surface area contributed by atoms with Crippen molar-refractivity contribution in [2.24, 2.45) is 0 Å². The number of anilines is 1. The number of nitrogens with zero attached hydrogens (tertiary/aromatic N) is 2. The highest BCUT2D eigenvalue weighted by molar-refractivity contribution is 7.89. The summed E-state index contributed by atoms with van der Waals surface area (Å²) in [6, 6.07) is 7.66. The van der Waals surface area contributed by atoms with Gasteiger partial charge in [-0.2, -0.15) is 4.31 Å². The van der Waals surface area contributed by atoms with Gasteiger partial charge in [-0.15, -0.1) is 0 Å². The maximum atomic E-state index is 14.2. The number of benzene rings is 2. The van der Waals surface area contributed by atoms with E-state index in [0.29, 0.717) is 30.0 Å². The van der Waals surface area contributed by atoms with Crippen LogP contribution in [0.1, 0.15) is 12.8 Å².